The zero-order chi connectivity index (χ0) is 11.0. The maximum absolute atomic E-state index is 9.38. The van der Waals surface area contributed by atoms with Crippen LogP contribution in [0.5, 0.6) is 0 Å². The molecule has 0 aromatic rings. The molecule has 0 aliphatic carbocycles. The smallest absolute Gasteiger partial charge is 0.393 e. The van der Waals surface area contributed by atoms with Crippen LogP contribution in [0.2, 0.25) is 0 Å². The number of hydrogen-bond acceptors (Lipinski definition) is 5. The van der Waals surface area contributed by atoms with Gasteiger partial charge in [-0.2, -0.15) is 0 Å². The van der Waals surface area contributed by atoms with Crippen LogP contribution in [0.15, 0.2) is 0 Å². The second-order valence-electron chi connectivity index (χ2n) is 3.73. The van der Waals surface area contributed by atoms with Crippen LogP contribution in [0, 0.1) is 0 Å². The van der Waals surface area contributed by atoms with Crippen LogP contribution in [-0.2, 0) is 0 Å². The second kappa shape index (κ2) is 8.20. The molecule has 0 amide bonds. The van der Waals surface area contributed by atoms with E-state index in [-0.39, 0.29) is 0 Å². The van der Waals surface area contributed by atoms with E-state index in [1.54, 1.807) is 5.01 Å². The lowest BCUT2D eigenvalue weighted by molar-refractivity contribution is 0.284. The number of hydrazine groups is 1. The van der Waals surface area contributed by atoms with Crippen molar-refractivity contribution in [3.05, 3.63) is 0 Å². The molecular weight excluding hydrogens is 179 g/mol. The summed E-state index contributed by atoms with van der Waals surface area (Å²) in [6, 6.07) is 0. The quantitative estimate of drug-likeness (QED) is 0.260. The third kappa shape index (κ3) is 8.46. The molecule has 4 N–H and O–H groups in total. The molecule has 84 valence electrons. The summed E-state index contributed by atoms with van der Waals surface area (Å²) in [5.41, 5.74) is 0. The van der Waals surface area contributed by atoms with Gasteiger partial charge in [0.05, 0.1) is 0 Å². The molecule has 0 spiro atoms. The van der Waals surface area contributed by atoms with Gasteiger partial charge in [0.1, 0.15) is 0 Å². The summed E-state index contributed by atoms with van der Waals surface area (Å²) >= 11 is 0. The summed E-state index contributed by atoms with van der Waals surface area (Å²) in [4.78, 5) is 2.12. The summed E-state index contributed by atoms with van der Waals surface area (Å²) in [6.45, 7) is 4.54. The summed E-state index contributed by atoms with van der Waals surface area (Å²) in [7, 11) is 3.55. The van der Waals surface area contributed by atoms with E-state index in [0.29, 0.717) is 6.44 Å². The van der Waals surface area contributed by atoms with Crippen molar-refractivity contribution in [3.8, 4) is 0 Å². The number of hydrogen-bond donors (Lipinski definition) is 3. The third-order valence-corrected chi connectivity index (χ3v) is 1.90. The largest absolute Gasteiger partial charge is 0.436 e. The highest BCUT2D eigenvalue weighted by Gasteiger charge is 2.12. The molecule has 6 heteroatoms. The van der Waals surface area contributed by atoms with Crippen LogP contribution < -0.4 is 11.1 Å². The molecule has 0 atom stereocenters. The highest BCUT2D eigenvalue weighted by Crippen LogP contribution is 1.87. The van der Waals surface area contributed by atoms with Crippen molar-refractivity contribution in [2.24, 2.45) is 5.84 Å². The van der Waals surface area contributed by atoms with Crippen molar-refractivity contribution in [2.45, 2.75) is 13.3 Å². The Morgan fingerprint density at radius 3 is 2.50 bits per heavy atom. The van der Waals surface area contributed by atoms with Gasteiger partial charge in [0.25, 0.3) is 0 Å². The highest BCUT2D eigenvalue weighted by atomic mass is 16.2. The first kappa shape index (κ1) is 13.9. The van der Waals surface area contributed by atoms with Crippen molar-refractivity contribution >= 4 is 7.05 Å². The lowest BCUT2D eigenvalue weighted by Gasteiger charge is -2.19. The zero-order valence-electron chi connectivity index (χ0n) is 9.53. The Bertz CT molecular complexity index is 137. The zero-order valence-corrected chi connectivity index (χ0v) is 9.53. The van der Waals surface area contributed by atoms with Gasteiger partial charge in [-0.25, -0.2) is 0 Å². The second-order valence-corrected chi connectivity index (χ2v) is 3.73. The summed E-state index contributed by atoms with van der Waals surface area (Å²) in [5.74, 6) is 5.71. The van der Waals surface area contributed by atoms with Crippen LogP contribution in [0.1, 0.15) is 13.3 Å². The average Bonchev–Trinajstić information content (AvgIpc) is 2.03. The maximum atomic E-state index is 9.38. The van der Waals surface area contributed by atoms with Gasteiger partial charge in [0.2, 0.25) is 0 Å². The van der Waals surface area contributed by atoms with Crippen LogP contribution in [0.4, 0.5) is 0 Å². The minimum Gasteiger partial charge on any atom is -0.436 e. The third-order valence-electron chi connectivity index (χ3n) is 1.90. The minimum absolute atomic E-state index is 0.473. The van der Waals surface area contributed by atoms with E-state index in [1.807, 2.05) is 21.0 Å². The summed E-state index contributed by atoms with van der Waals surface area (Å²) < 4.78 is 0. The number of rotatable bonds is 8. The number of nitrogens with two attached hydrogens (primary N) is 1. The van der Waals surface area contributed by atoms with Gasteiger partial charge in [0, 0.05) is 13.0 Å². The molecule has 0 fully saturated rings. The SMILES string of the molecule is CCNB(O)CN(N)CCCN(C)C. The van der Waals surface area contributed by atoms with Crippen molar-refractivity contribution in [2.75, 3.05) is 40.2 Å². The Morgan fingerprint density at radius 2 is 2.00 bits per heavy atom. The molecule has 0 rings (SSSR count). The maximum Gasteiger partial charge on any atom is 0.393 e. The number of nitrogens with zero attached hydrogens (tertiary/aromatic N) is 2. The van der Waals surface area contributed by atoms with Crippen LogP contribution in [0.25, 0.3) is 0 Å². The standard InChI is InChI=1S/C8H23BN4O/c1-4-11-9(14)8-13(10)7-5-6-12(2)3/h11,14H,4-8,10H2,1-3H3. The molecule has 0 heterocycles. The Kier molecular flexibility index (Phi) is 8.12. The summed E-state index contributed by atoms with van der Waals surface area (Å²) in [6.07, 6.45) is 1.49. The van der Waals surface area contributed by atoms with E-state index in [0.717, 1.165) is 26.1 Å². The van der Waals surface area contributed by atoms with Gasteiger partial charge >= 0.3 is 7.05 Å². The fraction of sp³-hybridized carbons (Fsp3) is 1.00. The lowest BCUT2D eigenvalue weighted by atomic mass is 9.84. The van der Waals surface area contributed by atoms with Crippen LogP contribution >= 0.6 is 0 Å². The van der Waals surface area contributed by atoms with Gasteiger partial charge in [-0.1, -0.05) is 6.92 Å². The molecular formula is C8H23BN4O. The minimum atomic E-state index is -0.524. The molecule has 0 aromatic heterocycles. The Hall–Kier alpha value is -0.135. The van der Waals surface area contributed by atoms with E-state index in [9.17, 15) is 5.02 Å². The first-order chi connectivity index (χ1) is 6.56. The van der Waals surface area contributed by atoms with E-state index >= 15 is 0 Å². The molecule has 0 saturated carbocycles. The Labute approximate surface area is 87.3 Å². The molecule has 0 aliphatic heterocycles. The van der Waals surface area contributed by atoms with Crippen molar-refractivity contribution < 1.29 is 5.02 Å². The van der Waals surface area contributed by atoms with Crippen molar-refractivity contribution in [1.82, 2.24) is 15.1 Å². The molecule has 0 aliphatic rings. The predicted octanol–water partition coefficient (Wildman–Crippen LogP) is -1.26. The van der Waals surface area contributed by atoms with Gasteiger partial charge < -0.3 is 15.2 Å². The van der Waals surface area contributed by atoms with Crippen molar-refractivity contribution in [1.29, 1.82) is 0 Å². The Balaban J connectivity index is 3.39. The van der Waals surface area contributed by atoms with E-state index in [1.165, 1.54) is 0 Å². The molecule has 0 bridgehead atoms. The lowest BCUT2D eigenvalue weighted by Crippen LogP contribution is -2.48. The molecule has 5 nitrogen and oxygen atoms in total. The first-order valence-electron chi connectivity index (χ1n) is 5.12. The average molecular weight is 202 g/mol. The number of nitrogens with one attached hydrogen (secondary N) is 1. The normalized spacial score (nSPS) is 11.4. The van der Waals surface area contributed by atoms with Gasteiger partial charge in [-0.05, 0) is 33.6 Å². The van der Waals surface area contributed by atoms with Gasteiger partial charge in [-0.15, -0.1) is 0 Å². The first-order valence-corrected chi connectivity index (χ1v) is 5.12. The van der Waals surface area contributed by atoms with E-state index in [2.05, 4.69) is 10.1 Å². The molecule has 0 radical (unpaired) electrons. The molecule has 0 aromatic carbocycles. The van der Waals surface area contributed by atoms with Crippen LogP contribution in [0.3, 0.4) is 0 Å². The molecule has 0 saturated heterocycles. The molecule has 0 unspecified atom stereocenters. The van der Waals surface area contributed by atoms with Crippen molar-refractivity contribution in [3.63, 3.8) is 0 Å². The van der Waals surface area contributed by atoms with Gasteiger partial charge in [-0.3, -0.25) is 10.9 Å². The fourth-order valence-corrected chi connectivity index (χ4v) is 1.20. The highest BCUT2D eigenvalue weighted by molar-refractivity contribution is 6.47. The van der Waals surface area contributed by atoms with Crippen LogP contribution in [-0.4, -0.2) is 62.2 Å². The summed E-state index contributed by atoms with van der Waals surface area (Å²) in [5, 5.41) is 13.9. The predicted molar refractivity (Wildman–Crippen MR) is 60.6 cm³/mol. The monoisotopic (exact) mass is 202 g/mol. The fourth-order valence-electron chi connectivity index (χ4n) is 1.20. The van der Waals surface area contributed by atoms with E-state index in [4.69, 9.17) is 5.84 Å². The molecule has 14 heavy (non-hydrogen) atoms. The van der Waals surface area contributed by atoms with Gasteiger partial charge in [0.15, 0.2) is 0 Å². The Morgan fingerprint density at radius 1 is 1.36 bits per heavy atom. The van der Waals surface area contributed by atoms with E-state index < -0.39 is 7.05 Å². The topological polar surface area (TPSA) is 64.8 Å².